The first-order valence-electron chi connectivity index (χ1n) is 5.63. The Balaban J connectivity index is 2.60. The molecule has 0 atom stereocenters. The minimum Gasteiger partial charge on any atom is -0.326 e. The number of amides is 1. The summed E-state index contributed by atoms with van der Waals surface area (Å²) in [6, 6.07) is 5.17. The van der Waals surface area contributed by atoms with E-state index in [1.165, 1.54) is 13.8 Å². The van der Waals surface area contributed by atoms with Gasteiger partial charge in [-0.2, -0.15) is 0 Å². The number of nitrogens with two attached hydrogens (primary N) is 1. The fourth-order valence-corrected chi connectivity index (χ4v) is 3.55. The molecule has 1 aromatic rings. The van der Waals surface area contributed by atoms with E-state index in [9.17, 15) is 13.2 Å². The first-order valence-corrected chi connectivity index (χ1v) is 7.07. The molecule has 98 valence electrons. The first-order chi connectivity index (χ1) is 8.25. The Hall–Kier alpha value is -1.40. The van der Waals surface area contributed by atoms with Crippen molar-refractivity contribution in [3.63, 3.8) is 0 Å². The van der Waals surface area contributed by atoms with Crippen molar-refractivity contribution in [1.29, 1.82) is 0 Å². The van der Waals surface area contributed by atoms with Crippen molar-refractivity contribution >= 4 is 21.6 Å². The average Bonchev–Trinajstić information content (AvgIpc) is 2.29. The number of rotatable bonds is 2. The van der Waals surface area contributed by atoms with Crippen LogP contribution < -0.4 is 10.0 Å². The van der Waals surface area contributed by atoms with E-state index < -0.39 is 20.7 Å². The highest BCUT2D eigenvalue weighted by atomic mass is 32.2. The zero-order valence-corrected chi connectivity index (χ0v) is 11.4. The zero-order valence-electron chi connectivity index (χ0n) is 10.6. The maximum absolute atomic E-state index is 12.1. The van der Waals surface area contributed by atoms with Gasteiger partial charge >= 0.3 is 0 Å². The van der Waals surface area contributed by atoms with Gasteiger partial charge in [0.15, 0.2) is 4.75 Å². The Morgan fingerprint density at radius 1 is 1.33 bits per heavy atom. The summed E-state index contributed by atoms with van der Waals surface area (Å²) in [6.45, 7) is 4.87. The Labute approximate surface area is 107 Å². The molecule has 1 heterocycles. The molecule has 1 fully saturated rings. The monoisotopic (exact) mass is 268 g/mol. The largest absolute Gasteiger partial charge is 0.326 e. The van der Waals surface area contributed by atoms with Crippen molar-refractivity contribution in [2.24, 2.45) is 5.73 Å². The van der Waals surface area contributed by atoms with Crippen LogP contribution in [0, 0.1) is 6.92 Å². The standard InChI is InChI=1S/C12H16N2O3S/c1-8-5-4-6-10(9(8)7-13)14-11(15)12(2,3)18(14,16)17/h4-6H,7,13H2,1-3H3. The summed E-state index contributed by atoms with van der Waals surface area (Å²) in [5.74, 6) is -0.414. The van der Waals surface area contributed by atoms with Gasteiger partial charge in [0.05, 0.1) is 5.69 Å². The summed E-state index contributed by atoms with van der Waals surface area (Å²) in [4.78, 5) is 12.0. The number of carbonyl (C=O) groups excluding carboxylic acids is 1. The van der Waals surface area contributed by atoms with Crippen LogP contribution in [0.2, 0.25) is 0 Å². The number of nitrogens with zero attached hydrogens (tertiary/aromatic N) is 1. The van der Waals surface area contributed by atoms with Crippen molar-refractivity contribution in [3.8, 4) is 0 Å². The van der Waals surface area contributed by atoms with E-state index in [-0.39, 0.29) is 6.54 Å². The highest BCUT2D eigenvalue weighted by molar-refractivity contribution is 7.98. The number of hydrogen-bond donors (Lipinski definition) is 1. The van der Waals surface area contributed by atoms with E-state index in [0.717, 1.165) is 9.87 Å². The molecule has 0 aliphatic carbocycles. The van der Waals surface area contributed by atoms with Crippen molar-refractivity contribution in [2.45, 2.75) is 32.1 Å². The van der Waals surface area contributed by atoms with Crippen LogP contribution in [0.3, 0.4) is 0 Å². The quantitative estimate of drug-likeness (QED) is 0.864. The van der Waals surface area contributed by atoms with Crippen LogP contribution in [0.4, 0.5) is 5.69 Å². The van der Waals surface area contributed by atoms with E-state index in [1.807, 2.05) is 13.0 Å². The fourth-order valence-electron chi connectivity index (χ4n) is 2.03. The van der Waals surface area contributed by atoms with Crippen LogP contribution in [-0.2, 0) is 21.4 Å². The molecule has 0 unspecified atom stereocenters. The molecule has 1 saturated heterocycles. The van der Waals surface area contributed by atoms with Gasteiger partial charge in [-0.15, -0.1) is 0 Å². The van der Waals surface area contributed by atoms with Crippen molar-refractivity contribution in [2.75, 3.05) is 4.31 Å². The lowest BCUT2D eigenvalue weighted by molar-refractivity contribution is -0.120. The molecule has 0 spiro atoms. The van der Waals surface area contributed by atoms with E-state index in [0.29, 0.717) is 11.3 Å². The summed E-state index contributed by atoms with van der Waals surface area (Å²) >= 11 is 0. The number of sulfonamides is 1. The third-order valence-corrected chi connectivity index (χ3v) is 5.70. The third-order valence-electron chi connectivity index (χ3n) is 3.39. The van der Waals surface area contributed by atoms with Gasteiger partial charge in [0.1, 0.15) is 0 Å². The Morgan fingerprint density at radius 2 is 1.94 bits per heavy atom. The van der Waals surface area contributed by atoms with Gasteiger partial charge in [-0.3, -0.25) is 4.79 Å². The molecule has 6 heteroatoms. The van der Waals surface area contributed by atoms with Gasteiger partial charge in [-0.25, -0.2) is 12.7 Å². The smallest absolute Gasteiger partial charge is 0.263 e. The fraction of sp³-hybridized carbons (Fsp3) is 0.417. The van der Waals surface area contributed by atoms with Crippen LogP contribution >= 0.6 is 0 Å². The van der Waals surface area contributed by atoms with Crippen molar-refractivity contribution in [1.82, 2.24) is 0 Å². The summed E-state index contributed by atoms with van der Waals surface area (Å²) in [6.07, 6.45) is 0. The molecular weight excluding hydrogens is 252 g/mol. The molecule has 0 aromatic heterocycles. The van der Waals surface area contributed by atoms with E-state index in [2.05, 4.69) is 0 Å². The minimum atomic E-state index is -3.62. The van der Waals surface area contributed by atoms with E-state index in [4.69, 9.17) is 5.73 Å². The highest BCUT2D eigenvalue weighted by Crippen LogP contribution is 2.40. The third kappa shape index (κ3) is 1.42. The van der Waals surface area contributed by atoms with E-state index >= 15 is 0 Å². The van der Waals surface area contributed by atoms with Crippen LogP contribution in [0.5, 0.6) is 0 Å². The molecule has 2 N–H and O–H groups in total. The lowest BCUT2D eigenvalue weighted by Crippen LogP contribution is -2.67. The number of aryl methyl sites for hydroxylation is 1. The second kappa shape index (κ2) is 3.80. The molecule has 2 rings (SSSR count). The van der Waals surface area contributed by atoms with Crippen LogP contribution in [0.1, 0.15) is 25.0 Å². The van der Waals surface area contributed by atoms with Gasteiger partial charge in [0, 0.05) is 6.54 Å². The average molecular weight is 268 g/mol. The number of hydrogen-bond acceptors (Lipinski definition) is 4. The topological polar surface area (TPSA) is 80.5 Å². The Bertz CT molecular complexity index is 620. The molecule has 1 amide bonds. The maximum atomic E-state index is 12.1. The summed E-state index contributed by atoms with van der Waals surface area (Å²) in [7, 11) is -3.62. The SMILES string of the molecule is Cc1cccc(N2C(=O)C(C)(C)S2(=O)=O)c1CN. The molecule has 1 aliphatic heterocycles. The lowest BCUT2D eigenvalue weighted by Gasteiger charge is -2.43. The highest BCUT2D eigenvalue weighted by Gasteiger charge is 2.61. The molecule has 5 nitrogen and oxygen atoms in total. The molecular formula is C12H16N2O3S. The number of benzene rings is 1. The maximum Gasteiger partial charge on any atom is 0.263 e. The van der Waals surface area contributed by atoms with Crippen LogP contribution in [-0.4, -0.2) is 19.1 Å². The first kappa shape index (κ1) is 13.0. The van der Waals surface area contributed by atoms with Crippen molar-refractivity contribution in [3.05, 3.63) is 29.3 Å². The van der Waals surface area contributed by atoms with Crippen LogP contribution in [0.15, 0.2) is 18.2 Å². The van der Waals surface area contributed by atoms with Gasteiger partial charge in [-0.1, -0.05) is 12.1 Å². The van der Waals surface area contributed by atoms with Gasteiger partial charge in [0.2, 0.25) is 0 Å². The predicted octanol–water partition coefficient (Wildman–Crippen LogP) is 0.909. The second-order valence-corrected chi connectivity index (χ2v) is 7.20. The van der Waals surface area contributed by atoms with Gasteiger partial charge in [-0.05, 0) is 38.0 Å². The van der Waals surface area contributed by atoms with Crippen molar-refractivity contribution < 1.29 is 13.2 Å². The normalized spacial score (nSPS) is 20.7. The molecule has 0 radical (unpaired) electrons. The lowest BCUT2D eigenvalue weighted by atomic mass is 10.1. The van der Waals surface area contributed by atoms with E-state index in [1.54, 1.807) is 12.1 Å². The molecule has 1 aromatic carbocycles. The minimum absolute atomic E-state index is 0.196. The zero-order chi connectivity index (χ0) is 13.7. The summed E-state index contributed by atoms with van der Waals surface area (Å²) in [5, 5.41) is 0. The van der Waals surface area contributed by atoms with Gasteiger partial charge in [0.25, 0.3) is 15.9 Å². The summed E-state index contributed by atoms with van der Waals surface area (Å²) in [5.41, 5.74) is 7.58. The molecule has 18 heavy (non-hydrogen) atoms. The molecule has 0 bridgehead atoms. The van der Waals surface area contributed by atoms with Crippen LogP contribution in [0.25, 0.3) is 0 Å². The summed E-state index contributed by atoms with van der Waals surface area (Å²) < 4.78 is 23.8. The second-order valence-electron chi connectivity index (χ2n) is 4.86. The van der Waals surface area contributed by atoms with Gasteiger partial charge < -0.3 is 5.73 Å². The predicted molar refractivity (Wildman–Crippen MR) is 69.6 cm³/mol. The molecule has 1 aliphatic rings. The Kier molecular flexibility index (Phi) is 2.75. The molecule has 0 saturated carbocycles. The number of anilines is 1. The number of carbonyl (C=O) groups is 1. The Morgan fingerprint density at radius 3 is 2.44 bits per heavy atom.